The standard InChI is InChI=1S/C9H8N2OS2.C8H8N2O2S/c12-14(11-13)9-2-1-7-3-4-10-6-8(7)5-9;9-10-13(11)7-2-1-6-3-4-12-8(6)5-7/h1-6,11,13H;1-5,10H,9H2. The fraction of sp³-hybridized carbons (Fsp3) is 0. The first kappa shape index (κ1) is 19.7. The summed E-state index contributed by atoms with van der Waals surface area (Å²) in [4.78, 5) is 7.47. The van der Waals surface area contributed by atoms with Gasteiger partial charge in [-0.15, -0.1) is 0 Å². The molecule has 0 spiro atoms. The van der Waals surface area contributed by atoms with Crippen molar-refractivity contribution in [2.24, 2.45) is 5.84 Å². The summed E-state index contributed by atoms with van der Waals surface area (Å²) in [5.74, 6) is 5.04. The molecule has 0 amide bonds. The highest BCUT2D eigenvalue weighted by Gasteiger charge is 2.04. The first-order valence-corrected chi connectivity index (χ1v) is 10.4. The van der Waals surface area contributed by atoms with Crippen LogP contribution in [0.4, 0.5) is 0 Å². The van der Waals surface area contributed by atoms with Crippen molar-refractivity contribution < 1.29 is 12.8 Å². The minimum absolute atomic E-state index is 0.602. The number of hydrogen-bond donors (Lipinski definition) is 4. The Kier molecular flexibility index (Phi) is 6.72. The molecule has 2 heterocycles. The van der Waals surface area contributed by atoms with Crippen LogP contribution in [0, 0.1) is 0 Å². The summed E-state index contributed by atoms with van der Waals surface area (Å²) in [6.45, 7) is 0. The van der Waals surface area contributed by atoms with Gasteiger partial charge in [0.1, 0.15) is 27.6 Å². The normalized spacial score (nSPS) is 13.1. The van der Waals surface area contributed by atoms with Gasteiger partial charge in [-0.05, 0) is 47.9 Å². The van der Waals surface area contributed by atoms with Gasteiger partial charge in [0.2, 0.25) is 0 Å². The number of hydrogen-bond acceptors (Lipinski definition) is 6. The van der Waals surface area contributed by atoms with Gasteiger partial charge in [-0.25, -0.2) is 8.42 Å². The van der Waals surface area contributed by atoms with E-state index in [4.69, 9.17) is 10.3 Å². The van der Waals surface area contributed by atoms with Gasteiger partial charge in [0.15, 0.2) is 0 Å². The van der Waals surface area contributed by atoms with Crippen LogP contribution in [0.25, 0.3) is 21.7 Å². The van der Waals surface area contributed by atoms with Crippen molar-refractivity contribution in [3.63, 3.8) is 0 Å². The lowest BCUT2D eigenvalue weighted by molar-refractivity contribution is 0.614. The molecule has 140 valence electrons. The first-order valence-electron chi connectivity index (χ1n) is 7.63. The molecular weight excluding hydrogens is 404 g/mol. The number of nitrogens with one attached hydrogen (secondary N) is 2. The second-order valence-corrected chi connectivity index (χ2v) is 8.24. The third-order valence-electron chi connectivity index (χ3n) is 3.66. The molecule has 0 aliphatic rings. The van der Waals surface area contributed by atoms with Crippen molar-refractivity contribution in [1.29, 1.82) is 0 Å². The van der Waals surface area contributed by atoms with Crippen LogP contribution < -0.4 is 14.8 Å². The van der Waals surface area contributed by atoms with Crippen LogP contribution in [0.5, 0.6) is 0 Å². The quantitative estimate of drug-likeness (QED) is 0.230. The van der Waals surface area contributed by atoms with E-state index >= 15 is 0 Å². The van der Waals surface area contributed by atoms with E-state index in [0.29, 0.717) is 15.4 Å². The van der Waals surface area contributed by atoms with E-state index in [-0.39, 0.29) is 0 Å². The van der Waals surface area contributed by atoms with Gasteiger partial charge < -0.3 is 4.42 Å². The molecule has 0 saturated heterocycles. The molecular formula is C17H16N4O3S3. The van der Waals surface area contributed by atoms with Crippen molar-refractivity contribution in [1.82, 2.24) is 13.9 Å². The Balaban J connectivity index is 0.000000156. The molecule has 2 aromatic heterocycles. The highest BCUT2D eigenvalue weighted by Crippen LogP contribution is 2.18. The van der Waals surface area contributed by atoms with Crippen LogP contribution in [0.15, 0.2) is 81.4 Å². The Morgan fingerprint density at radius 1 is 0.926 bits per heavy atom. The van der Waals surface area contributed by atoms with E-state index in [9.17, 15) is 8.42 Å². The maximum atomic E-state index is 11.4. The van der Waals surface area contributed by atoms with E-state index in [2.05, 4.69) is 26.8 Å². The lowest BCUT2D eigenvalue weighted by atomic mass is 10.2. The zero-order valence-corrected chi connectivity index (χ0v) is 16.4. The first-order chi connectivity index (χ1) is 13.1. The average molecular weight is 421 g/mol. The molecule has 0 bridgehead atoms. The summed E-state index contributed by atoms with van der Waals surface area (Å²) in [7, 11) is -2.62. The van der Waals surface area contributed by atoms with Crippen LogP contribution >= 0.6 is 12.8 Å². The van der Waals surface area contributed by atoms with Gasteiger partial charge >= 0.3 is 0 Å². The third kappa shape index (κ3) is 4.80. The molecule has 4 rings (SSSR count). The maximum absolute atomic E-state index is 11.4. The molecule has 0 aliphatic carbocycles. The minimum Gasteiger partial charge on any atom is -0.464 e. The largest absolute Gasteiger partial charge is 0.464 e. The number of aromatic nitrogens is 1. The molecule has 7 nitrogen and oxygen atoms in total. The highest BCUT2D eigenvalue weighted by molar-refractivity contribution is 7.96. The zero-order chi connectivity index (χ0) is 19.2. The maximum Gasteiger partial charge on any atom is 0.138 e. The van der Waals surface area contributed by atoms with E-state index in [1.807, 2.05) is 36.4 Å². The van der Waals surface area contributed by atoms with Crippen LogP contribution in [0.2, 0.25) is 0 Å². The second kappa shape index (κ2) is 9.22. The number of furan rings is 1. The van der Waals surface area contributed by atoms with E-state index < -0.39 is 22.0 Å². The Morgan fingerprint density at radius 2 is 1.67 bits per heavy atom. The molecule has 2 aromatic carbocycles. The zero-order valence-electron chi connectivity index (χ0n) is 13.9. The highest BCUT2D eigenvalue weighted by atomic mass is 32.2. The Labute approximate surface area is 166 Å². The molecule has 0 saturated carbocycles. The number of pyridine rings is 1. The summed E-state index contributed by atoms with van der Waals surface area (Å²) >= 11 is 3.76. The number of thiol groups is 1. The number of nitrogens with two attached hydrogens (primary N) is 1. The summed E-state index contributed by atoms with van der Waals surface area (Å²) in [5, 5.41) is 3.04. The number of fused-ring (bicyclic) bond motifs is 2. The lowest BCUT2D eigenvalue weighted by Crippen LogP contribution is -2.24. The fourth-order valence-corrected chi connectivity index (χ4v) is 3.74. The van der Waals surface area contributed by atoms with Gasteiger partial charge in [0.25, 0.3) is 0 Å². The van der Waals surface area contributed by atoms with Crippen molar-refractivity contribution >= 4 is 56.5 Å². The number of nitrogens with zero attached hydrogens (tertiary/aromatic N) is 1. The molecule has 0 aliphatic heterocycles. The van der Waals surface area contributed by atoms with Gasteiger partial charge in [-0.2, -0.15) is 8.96 Å². The number of hydrazine groups is 1. The topological polar surface area (TPSA) is 110 Å². The van der Waals surface area contributed by atoms with Crippen molar-refractivity contribution in [2.75, 3.05) is 0 Å². The Morgan fingerprint density at radius 3 is 2.41 bits per heavy atom. The fourth-order valence-electron chi connectivity index (χ4n) is 2.35. The smallest absolute Gasteiger partial charge is 0.138 e. The van der Waals surface area contributed by atoms with E-state index in [0.717, 1.165) is 16.2 Å². The summed E-state index contributed by atoms with van der Waals surface area (Å²) < 4.78 is 30.1. The van der Waals surface area contributed by atoms with Crippen molar-refractivity contribution in [3.05, 3.63) is 67.2 Å². The van der Waals surface area contributed by atoms with Crippen molar-refractivity contribution in [2.45, 2.75) is 9.79 Å². The summed E-state index contributed by atoms with van der Waals surface area (Å²) in [6, 6.07) is 14.6. The second-order valence-electron chi connectivity index (χ2n) is 5.25. The third-order valence-corrected chi connectivity index (χ3v) is 5.90. The van der Waals surface area contributed by atoms with Gasteiger partial charge in [-0.3, -0.25) is 10.8 Å². The van der Waals surface area contributed by atoms with E-state index in [1.54, 1.807) is 30.8 Å². The molecule has 0 fully saturated rings. The van der Waals surface area contributed by atoms with E-state index in [1.165, 1.54) is 0 Å². The molecule has 2 atom stereocenters. The summed E-state index contributed by atoms with van der Waals surface area (Å²) in [6.07, 6.45) is 5.07. The van der Waals surface area contributed by atoms with Crippen molar-refractivity contribution in [3.8, 4) is 0 Å². The number of benzene rings is 2. The lowest BCUT2D eigenvalue weighted by Gasteiger charge is -2.01. The predicted octanol–water partition coefficient (Wildman–Crippen LogP) is 2.61. The Hall–Kier alpha value is -2.08. The summed E-state index contributed by atoms with van der Waals surface area (Å²) in [5.41, 5.74) is 0.709. The van der Waals surface area contributed by atoms with Gasteiger partial charge in [-0.1, -0.05) is 18.9 Å². The molecule has 0 radical (unpaired) electrons. The minimum atomic E-state index is -1.36. The molecule has 10 heteroatoms. The Bertz CT molecular complexity index is 1120. The molecule has 4 aromatic rings. The monoisotopic (exact) mass is 420 g/mol. The molecule has 2 unspecified atom stereocenters. The van der Waals surface area contributed by atoms with Gasteiger partial charge in [0, 0.05) is 23.2 Å². The average Bonchev–Trinajstić information content (AvgIpc) is 3.20. The van der Waals surface area contributed by atoms with Gasteiger partial charge in [0.05, 0.1) is 16.1 Å². The number of rotatable bonds is 4. The molecule has 4 N–H and O–H groups in total. The van der Waals surface area contributed by atoms with Crippen LogP contribution in [-0.2, 0) is 22.0 Å². The van der Waals surface area contributed by atoms with Crippen LogP contribution in [0.3, 0.4) is 0 Å². The van der Waals surface area contributed by atoms with Crippen LogP contribution in [-0.4, -0.2) is 13.4 Å². The predicted molar refractivity (Wildman–Crippen MR) is 110 cm³/mol. The SMILES string of the molecule is NNS(=O)c1ccc2ccoc2c1.O=S(NS)c1ccc2ccncc2c1. The molecule has 27 heavy (non-hydrogen) atoms. The van der Waals surface area contributed by atoms with Crippen LogP contribution in [0.1, 0.15) is 0 Å².